The van der Waals surface area contributed by atoms with Crippen LogP contribution >= 0.6 is 11.6 Å². The molecule has 1 aromatic carbocycles. The molecular weight excluding hydrogens is 264 g/mol. The molecule has 0 atom stereocenters. The van der Waals surface area contributed by atoms with Crippen LogP contribution in [-0.4, -0.2) is 18.0 Å². The van der Waals surface area contributed by atoms with Gasteiger partial charge in [0.05, 0.1) is 7.11 Å². The summed E-state index contributed by atoms with van der Waals surface area (Å²) in [5.41, 5.74) is 2.02. The minimum absolute atomic E-state index is 0.267. The predicted octanol–water partition coefficient (Wildman–Crippen LogP) is 3.08. The van der Waals surface area contributed by atoms with E-state index in [2.05, 4.69) is 10.3 Å². The van der Waals surface area contributed by atoms with E-state index in [1.54, 1.807) is 24.4 Å². The summed E-state index contributed by atoms with van der Waals surface area (Å²) >= 11 is 5.76. The SMILES string of the molecule is COc1ncccc1C(=O)Nc1cccc(CCl)c1. The van der Waals surface area contributed by atoms with E-state index in [4.69, 9.17) is 16.3 Å². The number of hydrogen-bond acceptors (Lipinski definition) is 3. The number of carbonyl (C=O) groups excluding carboxylic acids is 1. The van der Waals surface area contributed by atoms with Crippen LogP contribution in [-0.2, 0) is 5.88 Å². The maximum atomic E-state index is 12.1. The molecule has 1 N–H and O–H groups in total. The molecule has 0 bridgehead atoms. The zero-order chi connectivity index (χ0) is 13.7. The first-order valence-corrected chi connectivity index (χ1v) is 6.23. The third-order valence-electron chi connectivity index (χ3n) is 2.55. The summed E-state index contributed by atoms with van der Waals surface area (Å²) in [7, 11) is 1.48. The first-order chi connectivity index (χ1) is 9.24. The summed E-state index contributed by atoms with van der Waals surface area (Å²) < 4.78 is 5.06. The summed E-state index contributed by atoms with van der Waals surface area (Å²) in [4.78, 5) is 16.1. The Hall–Kier alpha value is -2.07. The second kappa shape index (κ2) is 6.20. The van der Waals surface area contributed by atoms with Crippen molar-refractivity contribution in [3.63, 3.8) is 0 Å². The van der Waals surface area contributed by atoms with Gasteiger partial charge in [-0.3, -0.25) is 4.79 Å². The standard InChI is InChI=1S/C14H13ClN2O2/c1-19-14-12(6-3-7-16-14)13(18)17-11-5-2-4-10(8-11)9-15/h2-8H,9H2,1H3,(H,17,18). The van der Waals surface area contributed by atoms with E-state index in [9.17, 15) is 4.79 Å². The van der Waals surface area contributed by atoms with Crippen molar-refractivity contribution in [1.29, 1.82) is 0 Å². The van der Waals surface area contributed by atoms with E-state index >= 15 is 0 Å². The normalized spacial score (nSPS) is 10.0. The number of hydrogen-bond donors (Lipinski definition) is 1. The summed E-state index contributed by atoms with van der Waals surface area (Å²) in [6, 6.07) is 10.7. The van der Waals surface area contributed by atoms with Gasteiger partial charge in [0.1, 0.15) is 5.56 Å². The van der Waals surface area contributed by atoms with Crippen LogP contribution in [0.4, 0.5) is 5.69 Å². The Morgan fingerprint density at radius 2 is 2.21 bits per heavy atom. The third kappa shape index (κ3) is 3.23. The van der Waals surface area contributed by atoms with Gasteiger partial charge >= 0.3 is 0 Å². The maximum Gasteiger partial charge on any atom is 0.261 e. The van der Waals surface area contributed by atoms with Crippen molar-refractivity contribution < 1.29 is 9.53 Å². The first kappa shape index (κ1) is 13.4. The lowest BCUT2D eigenvalue weighted by molar-refractivity contribution is 0.102. The number of halogens is 1. The van der Waals surface area contributed by atoms with E-state index in [0.717, 1.165) is 5.56 Å². The molecule has 1 heterocycles. The molecule has 1 amide bonds. The number of alkyl halides is 1. The Kier molecular flexibility index (Phi) is 4.36. The lowest BCUT2D eigenvalue weighted by Crippen LogP contribution is -2.13. The zero-order valence-electron chi connectivity index (χ0n) is 10.4. The molecule has 0 saturated heterocycles. The summed E-state index contributed by atoms with van der Waals surface area (Å²) in [6.07, 6.45) is 1.57. The van der Waals surface area contributed by atoms with Crippen LogP contribution in [0, 0.1) is 0 Å². The zero-order valence-corrected chi connectivity index (χ0v) is 11.1. The minimum atomic E-state index is -0.267. The van der Waals surface area contributed by atoms with Crippen LogP contribution in [0.2, 0.25) is 0 Å². The molecule has 0 saturated carbocycles. The molecule has 0 aliphatic carbocycles. The molecule has 0 aliphatic rings. The Bertz CT molecular complexity index is 587. The largest absolute Gasteiger partial charge is 0.480 e. The predicted molar refractivity (Wildman–Crippen MR) is 74.7 cm³/mol. The summed E-state index contributed by atoms with van der Waals surface area (Å²) in [6.45, 7) is 0. The highest BCUT2D eigenvalue weighted by Crippen LogP contribution is 2.17. The van der Waals surface area contributed by atoms with Gasteiger partial charge in [0.15, 0.2) is 0 Å². The van der Waals surface area contributed by atoms with Gasteiger partial charge in [-0.1, -0.05) is 12.1 Å². The number of benzene rings is 1. The molecule has 98 valence electrons. The van der Waals surface area contributed by atoms with Crippen LogP contribution in [0.15, 0.2) is 42.6 Å². The van der Waals surface area contributed by atoms with Crippen molar-refractivity contribution in [3.8, 4) is 5.88 Å². The van der Waals surface area contributed by atoms with Crippen LogP contribution in [0.5, 0.6) is 5.88 Å². The fraction of sp³-hybridized carbons (Fsp3) is 0.143. The highest BCUT2D eigenvalue weighted by Gasteiger charge is 2.12. The van der Waals surface area contributed by atoms with Crippen molar-refractivity contribution >= 4 is 23.2 Å². The number of pyridine rings is 1. The van der Waals surface area contributed by atoms with Gasteiger partial charge in [0, 0.05) is 17.8 Å². The average molecular weight is 277 g/mol. The van der Waals surface area contributed by atoms with E-state index in [0.29, 0.717) is 23.0 Å². The van der Waals surface area contributed by atoms with Crippen LogP contribution in [0.3, 0.4) is 0 Å². The first-order valence-electron chi connectivity index (χ1n) is 5.70. The molecule has 4 nitrogen and oxygen atoms in total. The fourth-order valence-corrected chi connectivity index (χ4v) is 1.82. The molecule has 0 spiro atoms. The molecule has 0 fully saturated rings. The number of nitrogens with one attached hydrogen (secondary N) is 1. The molecule has 2 rings (SSSR count). The number of carbonyl (C=O) groups is 1. The van der Waals surface area contributed by atoms with Gasteiger partial charge in [-0.25, -0.2) is 4.98 Å². The third-order valence-corrected chi connectivity index (χ3v) is 2.86. The minimum Gasteiger partial charge on any atom is -0.480 e. The Morgan fingerprint density at radius 3 is 2.95 bits per heavy atom. The van der Waals surface area contributed by atoms with Crippen LogP contribution in [0.1, 0.15) is 15.9 Å². The monoisotopic (exact) mass is 276 g/mol. The van der Waals surface area contributed by atoms with Crippen molar-refractivity contribution in [2.45, 2.75) is 5.88 Å². The van der Waals surface area contributed by atoms with E-state index in [-0.39, 0.29) is 5.91 Å². The number of anilines is 1. The second-order valence-electron chi connectivity index (χ2n) is 3.85. The fourth-order valence-electron chi connectivity index (χ4n) is 1.66. The molecule has 0 unspecified atom stereocenters. The number of amides is 1. The smallest absolute Gasteiger partial charge is 0.261 e. The number of ether oxygens (including phenoxy) is 1. The van der Waals surface area contributed by atoms with Crippen molar-refractivity contribution in [1.82, 2.24) is 4.98 Å². The summed E-state index contributed by atoms with van der Waals surface area (Å²) in [5, 5.41) is 2.79. The molecule has 0 radical (unpaired) electrons. The van der Waals surface area contributed by atoms with E-state index in [1.807, 2.05) is 18.2 Å². The van der Waals surface area contributed by atoms with Crippen molar-refractivity contribution in [2.24, 2.45) is 0 Å². The van der Waals surface area contributed by atoms with Gasteiger partial charge in [-0.2, -0.15) is 0 Å². The number of rotatable bonds is 4. The number of nitrogens with zero attached hydrogens (tertiary/aromatic N) is 1. The molecular formula is C14H13ClN2O2. The van der Waals surface area contributed by atoms with E-state index in [1.165, 1.54) is 7.11 Å². The molecule has 5 heteroatoms. The molecule has 19 heavy (non-hydrogen) atoms. The van der Waals surface area contributed by atoms with Gasteiger partial charge < -0.3 is 10.1 Å². The van der Waals surface area contributed by atoms with Crippen molar-refractivity contribution in [2.75, 3.05) is 12.4 Å². The summed E-state index contributed by atoms with van der Waals surface area (Å²) in [5.74, 6) is 0.435. The highest BCUT2D eigenvalue weighted by atomic mass is 35.5. The molecule has 1 aromatic heterocycles. The van der Waals surface area contributed by atoms with Crippen LogP contribution in [0.25, 0.3) is 0 Å². The Labute approximate surface area is 116 Å². The average Bonchev–Trinajstić information content (AvgIpc) is 2.47. The highest BCUT2D eigenvalue weighted by molar-refractivity contribution is 6.17. The number of methoxy groups -OCH3 is 1. The quantitative estimate of drug-likeness (QED) is 0.873. The van der Waals surface area contributed by atoms with Gasteiger partial charge in [-0.15, -0.1) is 11.6 Å². The van der Waals surface area contributed by atoms with Gasteiger partial charge in [0.2, 0.25) is 5.88 Å². The lowest BCUT2D eigenvalue weighted by Gasteiger charge is -2.08. The topological polar surface area (TPSA) is 51.2 Å². The lowest BCUT2D eigenvalue weighted by atomic mass is 10.2. The molecule has 2 aromatic rings. The second-order valence-corrected chi connectivity index (χ2v) is 4.12. The van der Waals surface area contributed by atoms with Crippen LogP contribution < -0.4 is 10.1 Å². The van der Waals surface area contributed by atoms with Gasteiger partial charge in [-0.05, 0) is 29.8 Å². The molecule has 0 aliphatic heterocycles. The van der Waals surface area contributed by atoms with Crippen molar-refractivity contribution in [3.05, 3.63) is 53.7 Å². The van der Waals surface area contributed by atoms with Gasteiger partial charge in [0.25, 0.3) is 5.91 Å². The Morgan fingerprint density at radius 1 is 1.37 bits per heavy atom. The van der Waals surface area contributed by atoms with E-state index < -0.39 is 0 Å². The maximum absolute atomic E-state index is 12.1. The Balaban J connectivity index is 2.20. The number of aromatic nitrogens is 1.